The Labute approximate surface area is 168 Å². The van der Waals surface area contributed by atoms with Crippen LogP contribution in [0.5, 0.6) is 11.5 Å². The van der Waals surface area contributed by atoms with Crippen LogP contribution in [0.15, 0.2) is 41.5 Å². The maximum absolute atomic E-state index is 6.71. The minimum atomic E-state index is -0.0985. The average Bonchev–Trinajstić information content (AvgIpc) is 3.27. The molecule has 0 amide bonds. The molecule has 2 aliphatic heterocycles. The summed E-state index contributed by atoms with van der Waals surface area (Å²) in [6.45, 7) is 2.22. The molecule has 0 unspecified atom stereocenters. The summed E-state index contributed by atoms with van der Waals surface area (Å²) in [6, 6.07) is 10.1. The fourth-order valence-electron chi connectivity index (χ4n) is 3.78. The Bertz CT molecular complexity index is 862. The monoisotopic (exact) mass is 403 g/mol. The van der Waals surface area contributed by atoms with E-state index in [9.17, 15) is 0 Å². The van der Waals surface area contributed by atoms with E-state index in [0.29, 0.717) is 22.6 Å². The van der Waals surface area contributed by atoms with Crippen LogP contribution in [0.4, 0.5) is 0 Å². The lowest BCUT2D eigenvalue weighted by molar-refractivity contribution is 0.254. The van der Waals surface area contributed by atoms with E-state index >= 15 is 0 Å². The van der Waals surface area contributed by atoms with Gasteiger partial charge in [0, 0.05) is 29.1 Å². The van der Waals surface area contributed by atoms with Crippen molar-refractivity contribution in [2.24, 2.45) is 4.99 Å². The summed E-state index contributed by atoms with van der Waals surface area (Å²) in [5.74, 6) is 2.35. The van der Waals surface area contributed by atoms with Crippen molar-refractivity contribution in [1.82, 2.24) is 9.88 Å². The molecule has 4 rings (SSSR count). The van der Waals surface area contributed by atoms with E-state index in [-0.39, 0.29) is 12.1 Å². The van der Waals surface area contributed by atoms with Gasteiger partial charge in [-0.3, -0.25) is 9.98 Å². The molecule has 0 aliphatic carbocycles. The highest BCUT2D eigenvalue weighted by atomic mass is 35.5. The van der Waals surface area contributed by atoms with Crippen molar-refractivity contribution in [3.63, 3.8) is 0 Å². The summed E-state index contributed by atoms with van der Waals surface area (Å²) in [6.07, 6.45) is 2.87. The predicted molar refractivity (Wildman–Crippen MR) is 110 cm³/mol. The fraction of sp³-hybridized carbons (Fsp3) is 0.400. The zero-order valence-electron chi connectivity index (χ0n) is 15.6. The Morgan fingerprint density at radius 3 is 2.67 bits per heavy atom. The maximum atomic E-state index is 6.71. The van der Waals surface area contributed by atoms with Gasteiger partial charge in [-0.05, 0) is 30.2 Å². The van der Waals surface area contributed by atoms with E-state index in [1.54, 1.807) is 14.2 Å². The molecule has 3 heterocycles. The van der Waals surface area contributed by atoms with Crippen molar-refractivity contribution in [3.8, 4) is 11.5 Å². The van der Waals surface area contributed by atoms with E-state index in [1.807, 2.05) is 48.3 Å². The third-order valence-electron chi connectivity index (χ3n) is 5.15. The van der Waals surface area contributed by atoms with Gasteiger partial charge >= 0.3 is 0 Å². The number of hydrogen-bond donors (Lipinski definition) is 0. The number of amidine groups is 1. The Kier molecular flexibility index (Phi) is 5.19. The van der Waals surface area contributed by atoms with Crippen molar-refractivity contribution < 1.29 is 9.47 Å². The first-order valence-electron chi connectivity index (χ1n) is 8.99. The van der Waals surface area contributed by atoms with Crippen molar-refractivity contribution >= 4 is 28.5 Å². The van der Waals surface area contributed by atoms with Crippen LogP contribution < -0.4 is 9.47 Å². The van der Waals surface area contributed by atoms with Crippen LogP contribution in [0.25, 0.3) is 0 Å². The van der Waals surface area contributed by atoms with Gasteiger partial charge in [0.05, 0.1) is 26.0 Å². The van der Waals surface area contributed by atoms with Gasteiger partial charge < -0.3 is 14.4 Å². The third kappa shape index (κ3) is 3.15. The second kappa shape index (κ2) is 7.60. The topological polar surface area (TPSA) is 47.0 Å². The Morgan fingerprint density at radius 1 is 1.22 bits per heavy atom. The number of nitrogens with zero attached hydrogens (tertiary/aromatic N) is 3. The highest BCUT2D eigenvalue weighted by Gasteiger charge is 2.46. The highest BCUT2D eigenvalue weighted by Crippen LogP contribution is 2.51. The van der Waals surface area contributed by atoms with Gasteiger partial charge in [-0.1, -0.05) is 36.4 Å². The molecular weight excluding hydrogens is 382 g/mol. The fourth-order valence-corrected chi connectivity index (χ4v) is 5.39. The second-order valence-corrected chi connectivity index (χ2v) is 7.96. The van der Waals surface area contributed by atoms with Gasteiger partial charge in [0.2, 0.25) is 0 Å². The summed E-state index contributed by atoms with van der Waals surface area (Å²) in [5, 5.41) is 1.73. The summed E-state index contributed by atoms with van der Waals surface area (Å²) in [7, 11) is 3.26. The Morgan fingerprint density at radius 2 is 2.00 bits per heavy atom. The molecular formula is C20H22ClN3O2S. The van der Waals surface area contributed by atoms with E-state index in [2.05, 4.69) is 16.8 Å². The number of methoxy groups -OCH3 is 2. The highest BCUT2D eigenvalue weighted by molar-refractivity contribution is 8.14. The molecule has 0 bridgehead atoms. The number of hydrogen-bond acceptors (Lipinski definition) is 6. The number of thioether (sulfide) groups is 1. The molecule has 1 aromatic carbocycles. The molecule has 1 aromatic heterocycles. The van der Waals surface area contributed by atoms with Crippen LogP contribution in [-0.2, 0) is 0 Å². The quantitative estimate of drug-likeness (QED) is 0.722. The average molecular weight is 404 g/mol. The number of aliphatic imine (C=N–C) groups is 1. The molecule has 0 spiro atoms. The van der Waals surface area contributed by atoms with E-state index in [0.717, 1.165) is 28.6 Å². The number of aromatic nitrogens is 1. The first-order chi connectivity index (χ1) is 13.2. The zero-order valence-corrected chi connectivity index (χ0v) is 17.1. The van der Waals surface area contributed by atoms with Crippen molar-refractivity contribution in [1.29, 1.82) is 0 Å². The van der Waals surface area contributed by atoms with E-state index in [1.165, 1.54) is 0 Å². The van der Waals surface area contributed by atoms with Gasteiger partial charge in [0.1, 0.15) is 6.04 Å². The molecule has 1 saturated heterocycles. The molecule has 0 N–H and O–H groups in total. The van der Waals surface area contributed by atoms with Gasteiger partial charge in [-0.15, -0.1) is 0 Å². The van der Waals surface area contributed by atoms with Gasteiger partial charge in [0.15, 0.2) is 16.7 Å². The molecule has 142 valence electrons. The normalized spacial score (nSPS) is 23.9. The van der Waals surface area contributed by atoms with Crippen LogP contribution >= 0.6 is 23.4 Å². The Hall–Kier alpha value is -1.92. The summed E-state index contributed by atoms with van der Waals surface area (Å²) in [4.78, 5) is 12.0. The standard InChI is InChI=1S/C20H22ClN3O2S/c1-4-12-11-27-20-23-18(15-7-5-6-8-22-15)19(24(12)20)13-9-16(25-2)17(26-3)10-14(13)21/h5-10,12,18-19H,4,11H2,1-3H3/t12-,18-,19+/m0/s1. The van der Waals surface area contributed by atoms with E-state index in [4.69, 9.17) is 26.1 Å². The second-order valence-electron chi connectivity index (χ2n) is 6.57. The smallest absolute Gasteiger partial charge is 0.162 e. The molecule has 5 nitrogen and oxygen atoms in total. The molecule has 0 saturated carbocycles. The number of pyridine rings is 1. The van der Waals surface area contributed by atoms with Crippen LogP contribution in [0.1, 0.15) is 36.7 Å². The number of benzene rings is 1. The van der Waals surface area contributed by atoms with E-state index < -0.39 is 0 Å². The minimum absolute atomic E-state index is 0.0119. The lowest BCUT2D eigenvalue weighted by Gasteiger charge is -2.32. The third-order valence-corrected chi connectivity index (χ3v) is 6.60. The first kappa shape index (κ1) is 18.4. The first-order valence-corrected chi connectivity index (χ1v) is 10.4. The summed E-state index contributed by atoms with van der Waals surface area (Å²) >= 11 is 8.53. The van der Waals surface area contributed by atoms with Gasteiger partial charge in [-0.2, -0.15) is 0 Å². The number of halogens is 1. The van der Waals surface area contributed by atoms with Crippen molar-refractivity contribution in [2.45, 2.75) is 31.5 Å². The van der Waals surface area contributed by atoms with Crippen LogP contribution in [0, 0.1) is 0 Å². The molecule has 7 heteroatoms. The van der Waals surface area contributed by atoms with Crippen LogP contribution in [0.3, 0.4) is 0 Å². The number of ether oxygens (including phenoxy) is 2. The lowest BCUT2D eigenvalue weighted by Crippen LogP contribution is -2.35. The Balaban J connectivity index is 1.84. The maximum Gasteiger partial charge on any atom is 0.162 e. The van der Waals surface area contributed by atoms with Gasteiger partial charge in [0.25, 0.3) is 0 Å². The van der Waals surface area contributed by atoms with Crippen LogP contribution in [-0.4, -0.2) is 41.1 Å². The molecule has 1 fully saturated rings. The van der Waals surface area contributed by atoms with Crippen molar-refractivity contribution in [2.75, 3.05) is 20.0 Å². The predicted octanol–water partition coefficient (Wildman–Crippen LogP) is 4.73. The molecule has 2 aromatic rings. The minimum Gasteiger partial charge on any atom is -0.493 e. The number of fused-ring (bicyclic) bond motifs is 1. The van der Waals surface area contributed by atoms with Crippen LogP contribution in [0.2, 0.25) is 5.02 Å². The molecule has 2 aliphatic rings. The molecule has 3 atom stereocenters. The summed E-state index contributed by atoms with van der Waals surface area (Å²) in [5.41, 5.74) is 1.94. The molecule has 27 heavy (non-hydrogen) atoms. The lowest BCUT2D eigenvalue weighted by atomic mass is 9.94. The van der Waals surface area contributed by atoms with Crippen molar-refractivity contribution in [3.05, 3.63) is 52.8 Å². The number of rotatable bonds is 5. The summed E-state index contributed by atoms with van der Waals surface area (Å²) < 4.78 is 10.9. The van der Waals surface area contributed by atoms with Gasteiger partial charge in [-0.25, -0.2) is 0 Å². The largest absolute Gasteiger partial charge is 0.493 e. The molecule has 0 radical (unpaired) electrons. The SMILES string of the molecule is CC[C@H]1CSC2=N[C@@H](c3ccccn3)[C@@H](c3cc(OC)c(OC)cc3Cl)N21. The zero-order chi connectivity index (χ0) is 19.0.